The molecule has 0 radical (unpaired) electrons. The van der Waals surface area contributed by atoms with Crippen molar-refractivity contribution in [1.29, 1.82) is 0 Å². The van der Waals surface area contributed by atoms with Crippen molar-refractivity contribution in [3.05, 3.63) is 23.8 Å². The third-order valence-corrected chi connectivity index (χ3v) is 2.37. The number of phenolic OH excluding ortho intramolecular Hbond substituents is 1. The number of ether oxygens (including phenoxy) is 1. The van der Waals surface area contributed by atoms with E-state index >= 15 is 0 Å². The fourth-order valence-electron chi connectivity index (χ4n) is 1.52. The van der Waals surface area contributed by atoms with E-state index in [0.29, 0.717) is 10.6 Å². The van der Waals surface area contributed by atoms with E-state index in [1.807, 2.05) is 0 Å². The van der Waals surface area contributed by atoms with Crippen LogP contribution in [0.4, 0.5) is 0 Å². The molecule has 1 aromatic carbocycles. The quantitative estimate of drug-likeness (QED) is 0.671. The first kappa shape index (κ1) is 15.3. The number of carboxylic acids is 2. The summed E-state index contributed by atoms with van der Waals surface area (Å²) in [7, 11) is 1.37. The summed E-state index contributed by atoms with van der Waals surface area (Å²) in [6.07, 6.45) is 0. The predicted molar refractivity (Wildman–Crippen MR) is 65.8 cm³/mol. The van der Waals surface area contributed by atoms with Gasteiger partial charge in [-0.25, -0.2) is 0 Å². The molecule has 0 atom stereocenters. The summed E-state index contributed by atoms with van der Waals surface area (Å²) in [6, 6.07) is 3.80. The van der Waals surface area contributed by atoms with Gasteiger partial charge in [-0.05, 0) is 12.1 Å². The van der Waals surface area contributed by atoms with Gasteiger partial charge in [0.25, 0.3) is 5.91 Å². The molecule has 8 nitrogen and oxygen atoms in total. The Morgan fingerprint density at radius 1 is 1.15 bits per heavy atom. The average Bonchev–Trinajstić information content (AvgIpc) is 2.35. The maximum Gasteiger partial charge on any atom is 0.323 e. The molecule has 0 aliphatic rings. The van der Waals surface area contributed by atoms with Crippen molar-refractivity contribution in [3.8, 4) is 11.5 Å². The number of phenols is 1. The number of carbonyl (C=O) groups excluding carboxylic acids is 1. The van der Waals surface area contributed by atoms with E-state index in [9.17, 15) is 19.5 Å². The first-order valence-electron chi connectivity index (χ1n) is 5.45. The zero-order valence-electron chi connectivity index (χ0n) is 10.6. The Morgan fingerprint density at radius 3 is 2.10 bits per heavy atom. The van der Waals surface area contributed by atoms with Crippen LogP contribution in [0.5, 0.6) is 11.5 Å². The largest absolute Gasteiger partial charge is 0.507 e. The topological polar surface area (TPSA) is 124 Å². The number of carbonyl (C=O) groups is 3. The molecule has 0 fully saturated rings. The maximum absolute atomic E-state index is 12.0. The van der Waals surface area contributed by atoms with Crippen LogP contribution in [0.15, 0.2) is 18.2 Å². The van der Waals surface area contributed by atoms with Gasteiger partial charge in [0.15, 0.2) is 0 Å². The molecule has 0 unspecified atom stereocenters. The van der Waals surface area contributed by atoms with Crippen LogP contribution in [0.1, 0.15) is 10.4 Å². The summed E-state index contributed by atoms with van der Waals surface area (Å²) >= 11 is 0. The minimum Gasteiger partial charge on any atom is -0.507 e. The minimum absolute atomic E-state index is 0.201. The zero-order valence-corrected chi connectivity index (χ0v) is 10.6. The molecule has 8 heteroatoms. The van der Waals surface area contributed by atoms with Crippen LogP contribution in [-0.4, -0.2) is 58.3 Å². The minimum atomic E-state index is -1.35. The summed E-state index contributed by atoms with van der Waals surface area (Å²) in [5, 5.41) is 27.0. The number of aromatic hydroxyl groups is 1. The number of benzene rings is 1. The number of rotatable bonds is 6. The van der Waals surface area contributed by atoms with Gasteiger partial charge >= 0.3 is 11.9 Å². The van der Waals surface area contributed by atoms with Crippen LogP contribution in [-0.2, 0) is 9.59 Å². The standard InChI is InChI=1S/C12H13NO7/c1-20-7-2-3-8(9(14)4-7)12(19)13(5-10(15)16)6-11(17)18/h2-4,14H,5-6H2,1H3,(H,15,16)(H,17,18). The Hall–Kier alpha value is -2.77. The van der Waals surface area contributed by atoms with Crippen molar-refractivity contribution in [2.24, 2.45) is 0 Å². The van der Waals surface area contributed by atoms with Gasteiger partial charge in [-0.15, -0.1) is 0 Å². The fraction of sp³-hybridized carbons (Fsp3) is 0.250. The van der Waals surface area contributed by atoms with Crippen molar-refractivity contribution < 1.29 is 34.4 Å². The average molecular weight is 283 g/mol. The highest BCUT2D eigenvalue weighted by molar-refractivity contribution is 5.99. The maximum atomic E-state index is 12.0. The SMILES string of the molecule is COc1ccc(C(=O)N(CC(=O)O)CC(=O)O)c(O)c1. The molecule has 0 heterocycles. The molecule has 1 aromatic rings. The van der Waals surface area contributed by atoms with E-state index in [4.69, 9.17) is 14.9 Å². The number of hydrogen-bond acceptors (Lipinski definition) is 5. The molecule has 0 saturated heterocycles. The summed E-state index contributed by atoms with van der Waals surface area (Å²) in [4.78, 5) is 33.9. The number of amides is 1. The van der Waals surface area contributed by atoms with Crippen molar-refractivity contribution in [1.82, 2.24) is 4.90 Å². The molecule has 20 heavy (non-hydrogen) atoms. The number of methoxy groups -OCH3 is 1. The van der Waals surface area contributed by atoms with Crippen molar-refractivity contribution in [2.45, 2.75) is 0 Å². The van der Waals surface area contributed by atoms with E-state index < -0.39 is 36.7 Å². The normalized spacial score (nSPS) is 9.85. The van der Waals surface area contributed by atoms with E-state index in [1.54, 1.807) is 0 Å². The van der Waals surface area contributed by atoms with Gasteiger partial charge in [0.05, 0.1) is 12.7 Å². The van der Waals surface area contributed by atoms with Gasteiger partial charge in [0.1, 0.15) is 24.6 Å². The fourth-order valence-corrected chi connectivity index (χ4v) is 1.52. The lowest BCUT2D eigenvalue weighted by molar-refractivity contribution is -0.140. The highest BCUT2D eigenvalue weighted by atomic mass is 16.5. The molecule has 0 aliphatic carbocycles. The van der Waals surface area contributed by atoms with Gasteiger partial charge in [-0.2, -0.15) is 0 Å². The Bertz CT molecular complexity index is 525. The predicted octanol–water partition coefficient (Wildman–Crippen LogP) is 0.0122. The highest BCUT2D eigenvalue weighted by Crippen LogP contribution is 2.24. The third kappa shape index (κ3) is 3.87. The van der Waals surface area contributed by atoms with Crippen LogP contribution in [0.25, 0.3) is 0 Å². The highest BCUT2D eigenvalue weighted by Gasteiger charge is 2.23. The molecular formula is C12H13NO7. The van der Waals surface area contributed by atoms with Crippen molar-refractivity contribution >= 4 is 17.8 Å². The number of nitrogens with zero attached hydrogens (tertiary/aromatic N) is 1. The molecule has 1 amide bonds. The lowest BCUT2D eigenvalue weighted by Crippen LogP contribution is -2.39. The lowest BCUT2D eigenvalue weighted by atomic mass is 10.1. The van der Waals surface area contributed by atoms with E-state index in [2.05, 4.69) is 0 Å². The second-order valence-corrected chi connectivity index (χ2v) is 3.83. The summed E-state index contributed by atoms with van der Waals surface area (Å²) in [5.74, 6) is -3.72. The Labute approximate surface area is 113 Å². The van der Waals surface area contributed by atoms with Gasteiger partial charge < -0.3 is 25.0 Å². The van der Waals surface area contributed by atoms with Crippen LogP contribution in [0.2, 0.25) is 0 Å². The van der Waals surface area contributed by atoms with Crippen molar-refractivity contribution in [2.75, 3.05) is 20.2 Å². The summed E-state index contributed by atoms with van der Waals surface area (Å²) in [6.45, 7) is -1.56. The molecule has 0 spiro atoms. The van der Waals surface area contributed by atoms with Gasteiger partial charge in [-0.1, -0.05) is 0 Å². The first-order valence-corrected chi connectivity index (χ1v) is 5.45. The monoisotopic (exact) mass is 283 g/mol. The Balaban J connectivity index is 3.04. The van der Waals surface area contributed by atoms with Crippen LogP contribution in [0, 0.1) is 0 Å². The van der Waals surface area contributed by atoms with E-state index in [1.165, 1.54) is 25.3 Å². The molecule has 3 N–H and O–H groups in total. The molecule has 108 valence electrons. The Morgan fingerprint density at radius 2 is 1.70 bits per heavy atom. The number of aliphatic carboxylic acids is 2. The molecule has 0 aliphatic heterocycles. The third-order valence-electron chi connectivity index (χ3n) is 2.37. The first-order chi connectivity index (χ1) is 9.35. The molecule has 0 aromatic heterocycles. The molecule has 0 bridgehead atoms. The van der Waals surface area contributed by atoms with Crippen molar-refractivity contribution in [3.63, 3.8) is 0 Å². The lowest BCUT2D eigenvalue weighted by Gasteiger charge is -2.19. The van der Waals surface area contributed by atoms with Gasteiger partial charge in [-0.3, -0.25) is 14.4 Å². The molecule has 0 saturated carbocycles. The molecule has 1 rings (SSSR count). The van der Waals surface area contributed by atoms with Crippen LogP contribution in [0.3, 0.4) is 0 Å². The number of hydrogen-bond donors (Lipinski definition) is 3. The summed E-state index contributed by atoms with van der Waals surface area (Å²) < 4.78 is 4.85. The molecular weight excluding hydrogens is 270 g/mol. The number of carboxylic acid groups (broad SMARTS) is 2. The Kier molecular flexibility index (Phi) is 4.90. The van der Waals surface area contributed by atoms with Crippen LogP contribution >= 0.6 is 0 Å². The second kappa shape index (κ2) is 6.41. The van der Waals surface area contributed by atoms with E-state index in [-0.39, 0.29) is 5.56 Å². The van der Waals surface area contributed by atoms with Gasteiger partial charge in [0.2, 0.25) is 0 Å². The summed E-state index contributed by atoms with van der Waals surface area (Å²) in [5.41, 5.74) is -0.201. The van der Waals surface area contributed by atoms with E-state index in [0.717, 1.165) is 0 Å². The zero-order chi connectivity index (χ0) is 15.3. The van der Waals surface area contributed by atoms with Crippen LogP contribution < -0.4 is 4.74 Å². The van der Waals surface area contributed by atoms with Gasteiger partial charge in [0, 0.05) is 6.07 Å². The smallest absolute Gasteiger partial charge is 0.323 e. The second-order valence-electron chi connectivity index (χ2n) is 3.83.